The molecule has 5 rings (SSSR count). The Morgan fingerprint density at radius 3 is 2.68 bits per heavy atom. The van der Waals surface area contributed by atoms with E-state index in [4.69, 9.17) is 16.0 Å². The SMILES string of the molecule is Cc1noc(C)c1S(=O)(=O)N1CC(n2ncc3c(N)nc(N)nc32)Cc2ccccc21. The van der Waals surface area contributed by atoms with Crippen LogP contribution in [-0.2, 0) is 16.4 Å². The summed E-state index contributed by atoms with van der Waals surface area (Å²) in [6.07, 6.45) is 2.13. The second-order valence-corrected chi connectivity index (χ2v) is 9.27. The highest BCUT2D eigenvalue weighted by Gasteiger charge is 2.38. The molecule has 11 nitrogen and oxygen atoms in total. The number of nitrogens with zero attached hydrogens (tertiary/aromatic N) is 6. The Morgan fingerprint density at radius 1 is 1.16 bits per heavy atom. The van der Waals surface area contributed by atoms with E-state index in [0.29, 0.717) is 28.8 Å². The number of para-hydroxylation sites is 1. The molecule has 12 heteroatoms. The molecular formula is C19H20N8O3S. The Morgan fingerprint density at radius 2 is 1.94 bits per heavy atom. The van der Waals surface area contributed by atoms with E-state index in [2.05, 4.69) is 20.2 Å². The van der Waals surface area contributed by atoms with Crippen LogP contribution >= 0.6 is 0 Å². The number of nitrogen functional groups attached to an aromatic ring is 2. The lowest BCUT2D eigenvalue weighted by Crippen LogP contribution is -2.41. The monoisotopic (exact) mass is 440 g/mol. The van der Waals surface area contributed by atoms with Crippen molar-refractivity contribution in [2.24, 2.45) is 0 Å². The van der Waals surface area contributed by atoms with Crippen LogP contribution in [0.15, 0.2) is 39.9 Å². The number of hydrogen-bond acceptors (Lipinski definition) is 9. The summed E-state index contributed by atoms with van der Waals surface area (Å²) in [5.74, 6) is 0.503. The minimum Gasteiger partial charge on any atom is -0.383 e. The second-order valence-electron chi connectivity index (χ2n) is 7.47. The third kappa shape index (κ3) is 2.90. The highest BCUT2D eigenvalue weighted by atomic mass is 32.2. The first-order valence-corrected chi connectivity index (χ1v) is 11.0. The van der Waals surface area contributed by atoms with E-state index in [-0.39, 0.29) is 35.0 Å². The molecule has 0 radical (unpaired) electrons. The van der Waals surface area contributed by atoms with Gasteiger partial charge >= 0.3 is 0 Å². The number of aromatic nitrogens is 5. The van der Waals surface area contributed by atoms with Gasteiger partial charge in [-0.25, -0.2) is 13.1 Å². The maximum absolute atomic E-state index is 13.7. The van der Waals surface area contributed by atoms with Crippen molar-refractivity contribution in [2.75, 3.05) is 22.3 Å². The maximum Gasteiger partial charge on any atom is 0.269 e. The molecule has 1 atom stereocenters. The molecule has 1 aliphatic heterocycles. The molecule has 160 valence electrons. The van der Waals surface area contributed by atoms with Crippen LogP contribution in [0.25, 0.3) is 11.0 Å². The number of aryl methyl sites for hydroxylation is 2. The number of rotatable bonds is 3. The quantitative estimate of drug-likeness (QED) is 0.482. The lowest BCUT2D eigenvalue weighted by atomic mass is 10.00. The molecule has 4 aromatic rings. The van der Waals surface area contributed by atoms with Crippen molar-refractivity contribution >= 4 is 38.5 Å². The van der Waals surface area contributed by atoms with Crippen LogP contribution < -0.4 is 15.8 Å². The van der Waals surface area contributed by atoms with Crippen LogP contribution in [0.2, 0.25) is 0 Å². The van der Waals surface area contributed by atoms with Gasteiger partial charge in [0, 0.05) is 0 Å². The fourth-order valence-corrected chi connectivity index (χ4v) is 5.95. The number of anilines is 3. The van der Waals surface area contributed by atoms with Crippen LogP contribution in [-0.4, -0.2) is 39.9 Å². The summed E-state index contributed by atoms with van der Waals surface area (Å²) in [4.78, 5) is 8.33. The van der Waals surface area contributed by atoms with Gasteiger partial charge in [0.2, 0.25) is 5.95 Å². The number of fused-ring (bicyclic) bond motifs is 2. The molecule has 0 fully saturated rings. The first-order chi connectivity index (χ1) is 14.8. The number of benzene rings is 1. The van der Waals surface area contributed by atoms with Gasteiger partial charge in [-0.15, -0.1) is 0 Å². The Labute approximate surface area is 177 Å². The molecule has 0 saturated carbocycles. The first-order valence-electron chi connectivity index (χ1n) is 9.57. The van der Waals surface area contributed by atoms with E-state index in [0.717, 1.165) is 5.56 Å². The summed E-state index contributed by atoms with van der Waals surface area (Å²) in [5.41, 5.74) is 14.0. The molecule has 0 amide bonds. The summed E-state index contributed by atoms with van der Waals surface area (Å²) in [5, 5.41) is 8.82. The predicted octanol–water partition coefficient (Wildman–Crippen LogP) is 1.59. The maximum atomic E-state index is 13.7. The molecule has 0 bridgehead atoms. The molecule has 31 heavy (non-hydrogen) atoms. The zero-order valence-corrected chi connectivity index (χ0v) is 17.7. The normalized spacial score (nSPS) is 16.6. The van der Waals surface area contributed by atoms with Crippen molar-refractivity contribution in [3.05, 3.63) is 47.5 Å². The van der Waals surface area contributed by atoms with Gasteiger partial charge < -0.3 is 16.0 Å². The van der Waals surface area contributed by atoms with E-state index in [1.807, 2.05) is 18.2 Å². The van der Waals surface area contributed by atoms with E-state index >= 15 is 0 Å². The van der Waals surface area contributed by atoms with Crippen molar-refractivity contribution < 1.29 is 12.9 Å². The van der Waals surface area contributed by atoms with Crippen LogP contribution in [0.4, 0.5) is 17.5 Å². The number of nitrogens with two attached hydrogens (primary N) is 2. The molecule has 0 aliphatic carbocycles. The van der Waals surface area contributed by atoms with E-state index in [9.17, 15) is 8.42 Å². The Bertz CT molecular complexity index is 1410. The van der Waals surface area contributed by atoms with Gasteiger partial charge in [0.25, 0.3) is 10.0 Å². The standard InChI is InChI=1S/C19H20N8O3S/c1-10-16(11(2)30-25-10)31(28,29)26-9-13(7-12-5-3-4-6-15(12)26)27-18-14(8-22-27)17(20)23-19(21)24-18/h3-6,8,13H,7,9H2,1-2H3,(H4,20,21,23,24). The highest BCUT2D eigenvalue weighted by Crippen LogP contribution is 2.37. The molecule has 1 unspecified atom stereocenters. The second kappa shape index (κ2) is 6.67. The fraction of sp³-hybridized carbons (Fsp3) is 0.263. The Balaban J connectivity index is 1.66. The van der Waals surface area contributed by atoms with Crippen molar-refractivity contribution in [2.45, 2.75) is 31.2 Å². The Hall–Kier alpha value is -3.67. The molecule has 0 spiro atoms. The van der Waals surface area contributed by atoms with Gasteiger partial charge in [0.1, 0.15) is 11.5 Å². The largest absolute Gasteiger partial charge is 0.383 e. The zero-order valence-electron chi connectivity index (χ0n) is 16.8. The minimum absolute atomic E-state index is 0.0307. The minimum atomic E-state index is -3.93. The summed E-state index contributed by atoms with van der Waals surface area (Å²) >= 11 is 0. The lowest BCUT2D eigenvalue weighted by molar-refractivity contribution is 0.390. The molecular weight excluding hydrogens is 420 g/mol. The van der Waals surface area contributed by atoms with Gasteiger partial charge in [0.05, 0.1) is 29.9 Å². The van der Waals surface area contributed by atoms with E-state index in [1.165, 1.54) is 4.31 Å². The van der Waals surface area contributed by atoms with Crippen molar-refractivity contribution in [1.29, 1.82) is 0 Å². The van der Waals surface area contributed by atoms with Crippen molar-refractivity contribution in [3.8, 4) is 0 Å². The van der Waals surface area contributed by atoms with Crippen molar-refractivity contribution in [3.63, 3.8) is 0 Å². The van der Waals surface area contributed by atoms with Crippen LogP contribution in [0, 0.1) is 13.8 Å². The molecule has 3 aromatic heterocycles. The van der Waals surface area contributed by atoms with Crippen LogP contribution in [0.5, 0.6) is 0 Å². The predicted molar refractivity (Wildman–Crippen MR) is 114 cm³/mol. The van der Waals surface area contributed by atoms with Crippen LogP contribution in [0.1, 0.15) is 23.1 Å². The fourth-order valence-electron chi connectivity index (χ4n) is 4.11. The van der Waals surface area contributed by atoms with Gasteiger partial charge in [-0.1, -0.05) is 23.4 Å². The number of sulfonamides is 1. The summed E-state index contributed by atoms with van der Waals surface area (Å²) < 4.78 is 35.5. The summed E-state index contributed by atoms with van der Waals surface area (Å²) in [6.45, 7) is 3.34. The van der Waals surface area contributed by atoms with Gasteiger partial charge in [0.15, 0.2) is 16.3 Å². The zero-order chi connectivity index (χ0) is 21.9. The molecule has 4 heterocycles. The molecule has 0 saturated heterocycles. The van der Waals surface area contributed by atoms with Crippen molar-refractivity contribution in [1.82, 2.24) is 24.9 Å². The van der Waals surface area contributed by atoms with Gasteiger partial charge in [-0.2, -0.15) is 15.1 Å². The summed E-state index contributed by atoms with van der Waals surface area (Å²) in [6, 6.07) is 7.05. The number of hydrogen-bond donors (Lipinski definition) is 2. The topological polar surface area (TPSA) is 159 Å². The van der Waals surface area contributed by atoms with E-state index in [1.54, 1.807) is 30.8 Å². The van der Waals surface area contributed by atoms with E-state index < -0.39 is 10.0 Å². The third-order valence-corrected chi connectivity index (χ3v) is 7.48. The lowest BCUT2D eigenvalue weighted by Gasteiger charge is -2.35. The van der Waals surface area contributed by atoms with Crippen LogP contribution in [0.3, 0.4) is 0 Å². The highest BCUT2D eigenvalue weighted by molar-refractivity contribution is 7.93. The van der Waals surface area contributed by atoms with Gasteiger partial charge in [-0.05, 0) is 31.9 Å². The molecule has 1 aliphatic rings. The smallest absolute Gasteiger partial charge is 0.269 e. The molecule has 4 N–H and O–H groups in total. The third-order valence-electron chi connectivity index (χ3n) is 5.45. The summed E-state index contributed by atoms with van der Waals surface area (Å²) in [7, 11) is -3.93. The average molecular weight is 440 g/mol. The first kappa shape index (κ1) is 19.3. The molecule has 1 aromatic carbocycles. The Kier molecular flexibility index (Phi) is 4.15. The average Bonchev–Trinajstić information content (AvgIpc) is 3.30. The van der Waals surface area contributed by atoms with Gasteiger partial charge in [-0.3, -0.25) is 4.31 Å².